The van der Waals surface area contributed by atoms with Crippen molar-refractivity contribution in [2.45, 2.75) is 18.9 Å². The van der Waals surface area contributed by atoms with Crippen molar-refractivity contribution >= 4 is 17.4 Å². The zero-order chi connectivity index (χ0) is 11.7. The van der Waals surface area contributed by atoms with Gasteiger partial charge in [-0.05, 0) is 48.2 Å². The smallest absolute Gasteiger partial charge is 0.126 e. The Bertz CT molecular complexity index is 525. The van der Waals surface area contributed by atoms with Crippen molar-refractivity contribution in [3.8, 4) is 0 Å². The van der Waals surface area contributed by atoms with Gasteiger partial charge in [0.25, 0.3) is 0 Å². The van der Waals surface area contributed by atoms with Crippen molar-refractivity contribution in [3.63, 3.8) is 0 Å². The van der Waals surface area contributed by atoms with E-state index in [-0.39, 0.29) is 0 Å². The molecule has 1 radical (unpaired) electrons. The van der Waals surface area contributed by atoms with E-state index >= 15 is 0 Å². The Balaban J connectivity index is 1.74. The molecule has 1 N–H and O–H groups in total. The lowest BCUT2D eigenvalue weighted by Crippen LogP contribution is -2.19. The largest absolute Gasteiger partial charge is 0.367 e. The van der Waals surface area contributed by atoms with E-state index in [1.165, 1.54) is 11.1 Å². The highest BCUT2D eigenvalue weighted by atomic mass is 35.5. The second kappa shape index (κ2) is 4.38. The molecule has 1 unspecified atom stereocenters. The van der Waals surface area contributed by atoms with Crippen LogP contribution in [0.15, 0.2) is 36.5 Å². The van der Waals surface area contributed by atoms with Crippen LogP contribution in [0.4, 0.5) is 5.82 Å². The lowest BCUT2D eigenvalue weighted by atomic mass is 10.1. The van der Waals surface area contributed by atoms with Crippen LogP contribution in [-0.2, 0) is 12.8 Å². The molecular weight excluding hydrogens is 232 g/mol. The molecule has 3 rings (SSSR count). The average molecular weight is 244 g/mol. The summed E-state index contributed by atoms with van der Waals surface area (Å²) in [5, 5.41) is 4.25. The van der Waals surface area contributed by atoms with Crippen LogP contribution < -0.4 is 5.32 Å². The number of hydrogen-bond donors (Lipinski definition) is 1. The van der Waals surface area contributed by atoms with Gasteiger partial charge in [-0.15, -0.1) is 0 Å². The number of halogens is 1. The van der Waals surface area contributed by atoms with Crippen LogP contribution in [0.3, 0.4) is 0 Å². The van der Waals surface area contributed by atoms with E-state index in [1.54, 1.807) is 6.20 Å². The highest BCUT2D eigenvalue weighted by molar-refractivity contribution is 6.30. The summed E-state index contributed by atoms with van der Waals surface area (Å²) >= 11 is 5.99. The molecule has 0 amide bonds. The first-order chi connectivity index (χ1) is 8.31. The van der Waals surface area contributed by atoms with E-state index in [2.05, 4.69) is 28.5 Å². The maximum Gasteiger partial charge on any atom is 0.126 e. The quantitative estimate of drug-likeness (QED) is 0.877. The number of hydrogen-bond acceptors (Lipinski definition) is 2. The summed E-state index contributed by atoms with van der Waals surface area (Å²) in [5.74, 6) is 0.910. The minimum Gasteiger partial charge on any atom is -0.367 e. The van der Waals surface area contributed by atoms with Gasteiger partial charge in [0.05, 0.1) is 0 Å². The third kappa shape index (κ3) is 2.27. The molecule has 1 atom stereocenters. The molecule has 0 spiro atoms. The molecule has 0 bridgehead atoms. The summed E-state index contributed by atoms with van der Waals surface area (Å²) in [6.45, 7) is 0. The minimum atomic E-state index is 0.415. The Hall–Kier alpha value is -1.54. The number of pyridine rings is 1. The van der Waals surface area contributed by atoms with Gasteiger partial charge in [-0.2, -0.15) is 0 Å². The summed E-state index contributed by atoms with van der Waals surface area (Å²) in [6.07, 6.45) is 3.73. The molecule has 0 fully saturated rings. The molecule has 0 saturated carbocycles. The highest BCUT2D eigenvalue weighted by Gasteiger charge is 2.21. The van der Waals surface area contributed by atoms with Crippen LogP contribution in [-0.4, -0.2) is 11.0 Å². The first-order valence-corrected chi connectivity index (χ1v) is 6.05. The first-order valence-electron chi connectivity index (χ1n) is 5.67. The molecule has 1 aromatic heterocycles. The van der Waals surface area contributed by atoms with Crippen LogP contribution in [0.25, 0.3) is 0 Å². The maximum absolute atomic E-state index is 5.99. The molecule has 1 aliphatic rings. The SMILES string of the molecule is Clc1ccc2c(c1)CC(Nc1cc[c]cn1)C2. The van der Waals surface area contributed by atoms with Gasteiger partial charge in [0, 0.05) is 23.3 Å². The van der Waals surface area contributed by atoms with Gasteiger partial charge in [-0.1, -0.05) is 17.7 Å². The van der Waals surface area contributed by atoms with Crippen molar-refractivity contribution in [2.24, 2.45) is 0 Å². The van der Waals surface area contributed by atoms with Gasteiger partial charge >= 0.3 is 0 Å². The predicted molar refractivity (Wildman–Crippen MR) is 69.3 cm³/mol. The van der Waals surface area contributed by atoms with Gasteiger partial charge in [0.1, 0.15) is 5.82 Å². The number of nitrogens with zero attached hydrogens (tertiary/aromatic N) is 1. The molecule has 3 heteroatoms. The van der Waals surface area contributed by atoms with Crippen LogP contribution in [0, 0.1) is 6.07 Å². The summed E-state index contributed by atoms with van der Waals surface area (Å²) in [5.41, 5.74) is 2.73. The second-order valence-electron chi connectivity index (χ2n) is 4.31. The van der Waals surface area contributed by atoms with E-state index in [4.69, 9.17) is 11.6 Å². The van der Waals surface area contributed by atoms with Crippen LogP contribution >= 0.6 is 11.6 Å². The first kappa shape index (κ1) is 10.6. The summed E-state index contributed by atoms with van der Waals surface area (Å²) in [4.78, 5) is 4.23. The molecule has 2 nitrogen and oxygen atoms in total. The van der Waals surface area contributed by atoms with Gasteiger partial charge in [0.15, 0.2) is 0 Å². The summed E-state index contributed by atoms with van der Waals surface area (Å²) in [6, 6.07) is 13.3. The van der Waals surface area contributed by atoms with Crippen LogP contribution in [0.2, 0.25) is 5.02 Å². The van der Waals surface area contributed by atoms with Crippen LogP contribution in [0.1, 0.15) is 11.1 Å². The Morgan fingerprint density at radius 1 is 1.24 bits per heavy atom. The number of rotatable bonds is 2. The van der Waals surface area contributed by atoms with E-state index in [0.717, 1.165) is 23.7 Å². The van der Waals surface area contributed by atoms with E-state index < -0.39 is 0 Å². The standard InChI is InChI=1S/C14H12ClN2/c15-12-5-4-10-8-13(9-11(10)7-12)17-14-3-1-2-6-16-14/h1,3-7,13H,8-9H2,(H,16,17). The van der Waals surface area contributed by atoms with Gasteiger partial charge < -0.3 is 5.32 Å². The summed E-state index contributed by atoms with van der Waals surface area (Å²) < 4.78 is 0. The average Bonchev–Trinajstić information content (AvgIpc) is 2.71. The minimum absolute atomic E-state index is 0.415. The second-order valence-corrected chi connectivity index (χ2v) is 4.74. The molecule has 85 valence electrons. The fourth-order valence-electron chi connectivity index (χ4n) is 2.30. The van der Waals surface area contributed by atoms with Gasteiger partial charge in [-0.3, -0.25) is 0 Å². The fourth-order valence-corrected chi connectivity index (χ4v) is 2.50. The fraction of sp³-hybridized carbons (Fsp3) is 0.214. The number of fused-ring (bicyclic) bond motifs is 1. The number of anilines is 1. The van der Waals surface area contributed by atoms with Crippen molar-refractivity contribution in [2.75, 3.05) is 5.32 Å². The highest BCUT2D eigenvalue weighted by Crippen LogP contribution is 2.26. The normalized spacial score (nSPS) is 17.8. The van der Waals surface area contributed by atoms with Gasteiger partial charge in [-0.25, -0.2) is 4.98 Å². The van der Waals surface area contributed by atoms with Gasteiger partial charge in [0.2, 0.25) is 0 Å². The van der Waals surface area contributed by atoms with E-state index in [1.807, 2.05) is 18.2 Å². The number of nitrogens with one attached hydrogen (secondary N) is 1. The monoisotopic (exact) mass is 243 g/mol. The molecule has 0 aliphatic heterocycles. The number of aromatic nitrogens is 1. The third-order valence-electron chi connectivity index (χ3n) is 3.07. The number of benzene rings is 1. The van der Waals surface area contributed by atoms with E-state index in [9.17, 15) is 0 Å². The summed E-state index contributed by atoms with van der Waals surface area (Å²) in [7, 11) is 0. The van der Waals surface area contributed by atoms with Crippen molar-refractivity contribution in [1.29, 1.82) is 0 Å². The Morgan fingerprint density at radius 3 is 2.94 bits per heavy atom. The Kier molecular flexibility index (Phi) is 2.73. The maximum atomic E-state index is 5.99. The molecular formula is C14H12ClN2. The topological polar surface area (TPSA) is 24.9 Å². The predicted octanol–water partition coefficient (Wildman–Crippen LogP) is 3.11. The molecule has 1 heterocycles. The van der Waals surface area contributed by atoms with E-state index in [0.29, 0.717) is 6.04 Å². The Morgan fingerprint density at radius 2 is 2.12 bits per heavy atom. The lowest BCUT2D eigenvalue weighted by molar-refractivity contribution is 0.769. The zero-order valence-electron chi connectivity index (χ0n) is 9.28. The molecule has 0 saturated heterocycles. The molecule has 1 aliphatic carbocycles. The Labute approximate surface area is 106 Å². The van der Waals surface area contributed by atoms with Crippen LogP contribution in [0.5, 0.6) is 0 Å². The van der Waals surface area contributed by atoms with Crippen molar-refractivity contribution < 1.29 is 0 Å². The molecule has 17 heavy (non-hydrogen) atoms. The van der Waals surface area contributed by atoms with Crippen molar-refractivity contribution in [1.82, 2.24) is 4.98 Å². The molecule has 2 aromatic rings. The third-order valence-corrected chi connectivity index (χ3v) is 3.30. The molecule has 1 aromatic carbocycles. The van der Waals surface area contributed by atoms with Crippen molar-refractivity contribution in [3.05, 3.63) is 58.7 Å². The lowest BCUT2D eigenvalue weighted by Gasteiger charge is -2.11. The zero-order valence-corrected chi connectivity index (χ0v) is 10.0.